The minimum atomic E-state index is -0.583. The number of esters is 1. The second kappa shape index (κ2) is 9.79. The molecule has 0 saturated heterocycles. The van der Waals surface area contributed by atoms with Crippen LogP contribution in [-0.4, -0.2) is 43.2 Å². The normalized spacial score (nSPS) is 15.3. The molecule has 1 unspecified atom stereocenters. The van der Waals surface area contributed by atoms with E-state index in [0.717, 1.165) is 23.4 Å². The molecule has 0 radical (unpaired) electrons. The molecule has 4 rings (SSSR count). The molecule has 168 valence electrons. The minimum Gasteiger partial charge on any atom is -0.462 e. The van der Waals surface area contributed by atoms with E-state index in [0.29, 0.717) is 23.6 Å². The zero-order valence-corrected chi connectivity index (χ0v) is 19.0. The summed E-state index contributed by atoms with van der Waals surface area (Å²) in [7, 11) is 4.06. The third-order valence-corrected chi connectivity index (χ3v) is 5.42. The molecule has 0 aliphatic carbocycles. The summed E-state index contributed by atoms with van der Waals surface area (Å²) >= 11 is 0. The highest BCUT2D eigenvalue weighted by Gasteiger charge is 2.36. The van der Waals surface area contributed by atoms with Gasteiger partial charge in [0.2, 0.25) is 5.91 Å². The lowest BCUT2D eigenvalue weighted by atomic mass is 9.90. The van der Waals surface area contributed by atoms with Crippen molar-refractivity contribution in [3.05, 3.63) is 95.1 Å². The lowest BCUT2D eigenvalue weighted by Gasteiger charge is -2.14. The van der Waals surface area contributed by atoms with Crippen LogP contribution < -0.4 is 5.32 Å². The maximum Gasteiger partial charge on any atom is 0.338 e. The van der Waals surface area contributed by atoms with Crippen LogP contribution in [0.1, 0.15) is 39.9 Å². The summed E-state index contributed by atoms with van der Waals surface area (Å²) in [5.74, 6) is -1.16. The van der Waals surface area contributed by atoms with Crippen LogP contribution >= 0.6 is 0 Å². The number of aliphatic imine (C=N–C) groups is 1. The smallest absolute Gasteiger partial charge is 0.338 e. The number of amides is 1. The predicted molar refractivity (Wildman–Crippen MR) is 130 cm³/mol. The fraction of sp³-hybridized carbons (Fsp3) is 0.222. The Morgan fingerprint density at radius 2 is 1.73 bits per heavy atom. The molecular formula is C27H27N3O3. The van der Waals surface area contributed by atoms with Gasteiger partial charge in [-0.25, -0.2) is 4.79 Å². The van der Waals surface area contributed by atoms with E-state index in [1.54, 1.807) is 19.1 Å². The summed E-state index contributed by atoms with van der Waals surface area (Å²) in [6.45, 7) is 2.90. The van der Waals surface area contributed by atoms with E-state index >= 15 is 0 Å². The summed E-state index contributed by atoms with van der Waals surface area (Å²) in [6.07, 6.45) is 0. The Bertz CT molecular complexity index is 1180. The number of carbonyl (C=O) groups is 2. The number of nitrogens with one attached hydrogen (secondary N) is 1. The maximum absolute atomic E-state index is 13.1. The van der Waals surface area contributed by atoms with Crippen LogP contribution in [0.2, 0.25) is 0 Å². The van der Waals surface area contributed by atoms with Crippen LogP contribution in [0.5, 0.6) is 0 Å². The second-order valence-electron chi connectivity index (χ2n) is 8.21. The Labute approximate surface area is 193 Å². The van der Waals surface area contributed by atoms with Crippen molar-refractivity contribution in [2.24, 2.45) is 4.99 Å². The van der Waals surface area contributed by atoms with Gasteiger partial charge < -0.3 is 15.0 Å². The lowest BCUT2D eigenvalue weighted by Crippen LogP contribution is -2.21. The van der Waals surface area contributed by atoms with Crippen LogP contribution in [0.15, 0.2) is 77.8 Å². The molecule has 0 fully saturated rings. The number of anilines is 1. The summed E-state index contributed by atoms with van der Waals surface area (Å²) in [4.78, 5) is 32.3. The fourth-order valence-corrected chi connectivity index (χ4v) is 3.96. The topological polar surface area (TPSA) is 71.0 Å². The first-order valence-electron chi connectivity index (χ1n) is 11.0. The molecule has 0 bridgehead atoms. The third-order valence-electron chi connectivity index (χ3n) is 5.42. The first kappa shape index (κ1) is 22.4. The van der Waals surface area contributed by atoms with Crippen molar-refractivity contribution in [2.45, 2.75) is 19.4 Å². The quantitative estimate of drug-likeness (QED) is 0.423. The monoisotopic (exact) mass is 441 g/mol. The van der Waals surface area contributed by atoms with Gasteiger partial charge in [0.25, 0.3) is 0 Å². The lowest BCUT2D eigenvalue weighted by molar-refractivity contribution is -0.115. The highest BCUT2D eigenvalue weighted by molar-refractivity contribution is 6.24. The van der Waals surface area contributed by atoms with Gasteiger partial charge in [-0.2, -0.15) is 0 Å². The van der Waals surface area contributed by atoms with Crippen molar-refractivity contribution in [1.29, 1.82) is 0 Å². The molecule has 0 spiro atoms. The van der Waals surface area contributed by atoms with Gasteiger partial charge >= 0.3 is 5.97 Å². The molecule has 1 heterocycles. The summed E-state index contributed by atoms with van der Waals surface area (Å²) in [6, 6.07) is 22.9. The average Bonchev–Trinajstić information content (AvgIpc) is 3.13. The highest BCUT2D eigenvalue weighted by Crippen LogP contribution is 2.37. The van der Waals surface area contributed by atoms with Crippen molar-refractivity contribution in [3.63, 3.8) is 0 Å². The van der Waals surface area contributed by atoms with Gasteiger partial charge in [-0.3, -0.25) is 9.79 Å². The van der Waals surface area contributed by atoms with Gasteiger partial charge in [0.05, 0.1) is 23.6 Å². The number of ether oxygens (including phenoxy) is 1. The molecule has 0 aromatic heterocycles. The van der Waals surface area contributed by atoms with Crippen molar-refractivity contribution >= 4 is 29.0 Å². The van der Waals surface area contributed by atoms with Gasteiger partial charge in [0.1, 0.15) is 5.92 Å². The molecule has 3 aromatic rings. The molecule has 1 amide bonds. The molecule has 0 saturated carbocycles. The molecule has 1 N–H and O–H groups in total. The highest BCUT2D eigenvalue weighted by atomic mass is 16.5. The molecule has 6 nitrogen and oxygen atoms in total. The van der Waals surface area contributed by atoms with Crippen molar-refractivity contribution in [3.8, 4) is 0 Å². The Kier molecular flexibility index (Phi) is 6.66. The SMILES string of the molecule is CCOC(=O)c1ccc2c(c1)NC(=O)C2C(=Nc1ccc(CN(C)C)cc1)c1ccccc1. The largest absolute Gasteiger partial charge is 0.462 e. The van der Waals surface area contributed by atoms with Crippen molar-refractivity contribution < 1.29 is 14.3 Å². The predicted octanol–water partition coefficient (Wildman–Crippen LogP) is 4.78. The van der Waals surface area contributed by atoms with Crippen molar-refractivity contribution in [2.75, 3.05) is 26.0 Å². The average molecular weight is 442 g/mol. The zero-order chi connectivity index (χ0) is 23.4. The number of hydrogen-bond acceptors (Lipinski definition) is 5. The molecule has 6 heteroatoms. The molecule has 33 heavy (non-hydrogen) atoms. The number of carbonyl (C=O) groups excluding carboxylic acids is 2. The van der Waals surface area contributed by atoms with E-state index < -0.39 is 11.9 Å². The minimum absolute atomic E-state index is 0.169. The Hall–Kier alpha value is -3.77. The van der Waals surface area contributed by atoms with Crippen LogP contribution in [0.25, 0.3) is 0 Å². The number of nitrogens with zero attached hydrogens (tertiary/aromatic N) is 2. The molecule has 3 aromatic carbocycles. The van der Waals surface area contributed by atoms with Crippen molar-refractivity contribution in [1.82, 2.24) is 4.90 Å². The van der Waals surface area contributed by atoms with Crippen LogP contribution in [0.3, 0.4) is 0 Å². The standard InChI is InChI=1S/C27H27N3O3/c1-4-33-27(32)20-12-15-22-23(16-20)29-26(31)24(22)25(19-8-6-5-7-9-19)28-21-13-10-18(11-14-21)17-30(2)3/h5-16,24H,4,17H2,1-3H3,(H,29,31). The summed E-state index contributed by atoms with van der Waals surface area (Å²) < 4.78 is 5.09. The van der Waals surface area contributed by atoms with Gasteiger partial charge in [-0.05, 0) is 62.0 Å². The number of hydrogen-bond donors (Lipinski definition) is 1. The van der Waals surface area contributed by atoms with E-state index in [9.17, 15) is 9.59 Å². The van der Waals surface area contributed by atoms with Gasteiger partial charge in [-0.15, -0.1) is 0 Å². The number of fused-ring (bicyclic) bond motifs is 1. The van der Waals surface area contributed by atoms with E-state index in [4.69, 9.17) is 9.73 Å². The third kappa shape index (κ3) is 5.02. The zero-order valence-electron chi connectivity index (χ0n) is 19.0. The van der Waals surface area contributed by atoms with Gasteiger partial charge in [-0.1, -0.05) is 48.5 Å². The summed E-state index contributed by atoms with van der Waals surface area (Å²) in [5.41, 5.74) is 5.32. The molecular weight excluding hydrogens is 414 g/mol. The Morgan fingerprint density at radius 1 is 1.00 bits per heavy atom. The second-order valence-corrected chi connectivity index (χ2v) is 8.21. The summed E-state index contributed by atoms with van der Waals surface area (Å²) in [5, 5.41) is 2.92. The van der Waals surface area contributed by atoms with E-state index in [1.165, 1.54) is 5.56 Å². The van der Waals surface area contributed by atoms with Gasteiger partial charge in [0, 0.05) is 12.2 Å². The molecule has 1 aliphatic heterocycles. The fourth-order valence-electron chi connectivity index (χ4n) is 3.96. The first-order chi connectivity index (χ1) is 16.0. The van der Waals surface area contributed by atoms with Crippen LogP contribution in [-0.2, 0) is 16.1 Å². The van der Waals surface area contributed by atoms with Gasteiger partial charge in [0.15, 0.2) is 0 Å². The number of benzene rings is 3. The van der Waals surface area contributed by atoms with Crippen LogP contribution in [0.4, 0.5) is 11.4 Å². The van der Waals surface area contributed by atoms with Crippen LogP contribution in [0, 0.1) is 0 Å². The van der Waals surface area contributed by atoms with E-state index in [1.807, 2.05) is 62.6 Å². The first-order valence-corrected chi connectivity index (χ1v) is 11.0. The molecule has 1 atom stereocenters. The van der Waals surface area contributed by atoms with E-state index in [-0.39, 0.29) is 5.91 Å². The molecule has 1 aliphatic rings. The Balaban J connectivity index is 1.74. The van der Waals surface area contributed by atoms with E-state index in [2.05, 4.69) is 22.3 Å². The number of rotatable bonds is 7. The maximum atomic E-state index is 13.1. The Morgan fingerprint density at radius 3 is 2.39 bits per heavy atom.